The lowest BCUT2D eigenvalue weighted by Crippen LogP contribution is -2.64. The highest BCUT2D eigenvalue weighted by Gasteiger charge is 2.51. The Labute approximate surface area is 241 Å². The van der Waals surface area contributed by atoms with Crippen LogP contribution >= 0.6 is 0 Å². The molecule has 4 rings (SSSR count). The molecule has 3 aliphatic heterocycles. The molecule has 1 aromatic carbocycles. The van der Waals surface area contributed by atoms with Gasteiger partial charge in [-0.25, -0.2) is 0 Å². The van der Waals surface area contributed by atoms with E-state index in [0.717, 1.165) is 0 Å². The number of methoxy groups -OCH3 is 1. The highest BCUT2D eigenvalue weighted by atomic mass is 16.7. The second-order valence-electron chi connectivity index (χ2n) is 10.5. The fraction of sp³-hybridized carbons (Fsp3) is 0.769. The highest BCUT2D eigenvalue weighted by molar-refractivity contribution is 5.41. The van der Waals surface area contributed by atoms with E-state index in [2.05, 4.69) is 0 Å². The molecule has 0 spiro atoms. The smallest absolute Gasteiger partial charge is 0.187 e. The average Bonchev–Trinajstić information content (AvgIpc) is 2.97. The standard InChI is InChI=1S/C26H40O16/c1-10-16(29)19(32)21(34)26(40-10)42-23-18(31)15(9-39-24-20(33)17(30)13(28)8-38-24)41-25(22(23)35)37-6-5-11-3-4-14(36-2)12(27)7-11/h3-4,7,10,13,15-35H,5-6,8-9H2,1-2H3/t10-,13-,15+,16-,17-,18+,19+,20+,21+,22+,23-,24-,25+,26-/m0/s1. The lowest BCUT2D eigenvalue weighted by atomic mass is 9.97. The van der Waals surface area contributed by atoms with Crippen LogP contribution in [0.2, 0.25) is 0 Å². The zero-order valence-electron chi connectivity index (χ0n) is 23.0. The molecule has 3 fully saturated rings. The van der Waals surface area contributed by atoms with Crippen LogP contribution in [0.1, 0.15) is 12.5 Å². The first kappa shape index (κ1) is 33.2. The molecule has 240 valence electrons. The fourth-order valence-electron chi connectivity index (χ4n) is 4.92. The van der Waals surface area contributed by atoms with Crippen LogP contribution in [0, 0.1) is 0 Å². The summed E-state index contributed by atoms with van der Waals surface area (Å²) in [6, 6.07) is 4.76. The van der Waals surface area contributed by atoms with Gasteiger partial charge in [-0.3, -0.25) is 0 Å². The van der Waals surface area contributed by atoms with E-state index in [0.29, 0.717) is 5.56 Å². The van der Waals surface area contributed by atoms with Gasteiger partial charge in [-0.05, 0) is 31.0 Å². The number of rotatable bonds is 10. The lowest BCUT2D eigenvalue weighted by Gasteiger charge is -2.46. The molecule has 3 saturated heterocycles. The molecular formula is C26H40O16. The van der Waals surface area contributed by atoms with Gasteiger partial charge in [0.25, 0.3) is 0 Å². The van der Waals surface area contributed by atoms with E-state index in [1.807, 2.05) is 0 Å². The first-order chi connectivity index (χ1) is 19.9. The van der Waals surface area contributed by atoms with Gasteiger partial charge in [0, 0.05) is 0 Å². The largest absolute Gasteiger partial charge is 0.504 e. The fourth-order valence-corrected chi connectivity index (χ4v) is 4.92. The molecule has 1 aromatic rings. The highest BCUT2D eigenvalue weighted by Crippen LogP contribution is 2.31. The molecule has 0 saturated carbocycles. The van der Waals surface area contributed by atoms with Crippen LogP contribution in [0.5, 0.6) is 11.5 Å². The first-order valence-electron chi connectivity index (χ1n) is 13.5. The van der Waals surface area contributed by atoms with Crippen molar-refractivity contribution in [2.24, 2.45) is 0 Å². The maximum atomic E-state index is 11.1. The van der Waals surface area contributed by atoms with Gasteiger partial charge in [0.15, 0.2) is 30.4 Å². The van der Waals surface area contributed by atoms with Crippen molar-refractivity contribution >= 4 is 0 Å². The van der Waals surface area contributed by atoms with Gasteiger partial charge in [-0.2, -0.15) is 0 Å². The summed E-state index contributed by atoms with van der Waals surface area (Å²) in [6.07, 6.45) is -20.4. The molecule has 14 atom stereocenters. The molecule has 0 unspecified atom stereocenters. The van der Waals surface area contributed by atoms with E-state index < -0.39 is 92.6 Å². The van der Waals surface area contributed by atoms with Crippen molar-refractivity contribution < 1.29 is 79.1 Å². The number of aliphatic hydroxyl groups is 8. The number of phenolic OH excluding ortho intramolecular Hbond substituents is 1. The van der Waals surface area contributed by atoms with Crippen LogP contribution in [0.25, 0.3) is 0 Å². The maximum absolute atomic E-state index is 11.1. The van der Waals surface area contributed by atoms with Crippen molar-refractivity contribution in [3.63, 3.8) is 0 Å². The van der Waals surface area contributed by atoms with Crippen LogP contribution < -0.4 is 4.74 Å². The molecule has 0 aliphatic carbocycles. The summed E-state index contributed by atoms with van der Waals surface area (Å²) in [5, 5.41) is 92.4. The molecule has 3 heterocycles. The molecule has 9 N–H and O–H groups in total. The predicted octanol–water partition coefficient (Wildman–Crippen LogP) is -3.93. The van der Waals surface area contributed by atoms with Crippen molar-refractivity contribution in [1.29, 1.82) is 0 Å². The topological polar surface area (TPSA) is 247 Å². The van der Waals surface area contributed by atoms with Crippen molar-refractivity contribution in [3.8, 4) is 11.5 Å². The summed E-state index contributed by atoms with van der Waals surface area (Å²) in [6.45, 7) is 0.629. The Hall–Kier alpha value is -1.74. The third-order valence-electron chi connectivity index (χ3n) is 7.54. The van der Waals surface area contributed by atoms with E-state index in [-0.39, 0.29) is 31.1 Å². The normalized spacial score (nSPS) is 42.8. The quantitative estimate of drug-likeness (QED) is 0.123. The van der Waals surface area contributed by atoms with Gasteiger partial charge in [-0.15, -0.1) is 0 Å². The predicted molar refractivity (Wildman–Crippen MR) is 136 cm³/mol. The SMILES string of the molecule is COc1ccc(CCO[C@@H]2O[C@H](CO[C@@H]3OC[C@H](O)[C@H](O)[C@H]3O)[C@@H](O)[C@H](O[C@@H]3O[C@@H](C)[C@H](O)[C@@H](O)[C@H]3O)[C@H]2O)cc1O. The lowest BCUT2D eigenvalue weighted by molar-refractivity contribution is -0.362. The van der Waals surface area contributed by atoms with E-state index in [1.54, 1.807) is 12.1 Å². The van der Waals surface area contributed by atoms with Crippen LogP contribution in [0.3, 0.4) is 0 Å². The Kier molecular flexibility index (Phi) is 11.3. The zero-order chi connectivity index (χ0) is 30.7. The van der Waals surface area contributed by atoms with Gasteiger partial charge in [0.05, 0.1) is 33.0 Å². The molecule has 0 aromatic heterocycles. The average molecular weight is 609 g/mol. The number of hydrogen-bond acceptors (Lipinski definition) is 16. The van der Waals surface area contributed by atoms with E-state index >= 15 is 0 Å². The Morgan fingerprint density at radius 2 is 1.50 bits per heavy atom. The van der Waals surface area contributed by atoms with Crippen LogP contribution in [0.4, 0.5) is 0 Å². The Morgan fingerprint density at radius 1 is 0.786 bits per heavy atom. The maximum Gasteiger partial charge on any atom is 0.187 e. The van der Waals surface area contributed by atoms with Crippen molar-refractivity contribution in [3.05, 3.63) is 23.8 Å². The molecule has 0 radical (unpaired) electrons. The monoisotopic (exact) mass is 608 g/mol. The molecule has 42 heavy (non-hydrogen) atoms. The second kappa shape index (κ2) is 14.4. The number of aromatic hydroxyl groups is 1. The number of benzene rings is 1. The van der Waals surface area contributed by atoms with Crippen LogP contribution in [0.15, 0.2) is 18.2 Å². The van der Waals surface area contributed by atoms with Crippen LogP contribution in [-0.2, 0) is 34.8 Å². The number of phenols is 1. The molecular weight excluding hydrogens is 568 g/mol. The van der Waals surface area contributed by atoms with Gasteiger partial charge in [0.2, 0.25) is 0 Å². The molecule has 0 bridgehead atoms. The van der Waals surface area contributed by atoms with Gasteiger partial charge in [-0.1, -0.05) is 6.07 Å². The number of aliphatic hydroxyl groups excluding tert-OH is 8. The Morgan fingerprint density at radius 3 is 2.19 bits per heavy atom. The third kappa shape index (κ3) is 7.31. The minimum absolute atomic E-state index is 0.0249. The Bertz CT molecular complexity index is 999. The second-order valence-corrected chi connectivity index (χ2v) is 10.5. The summed E-state index contributed by atoms with van der Waals surface area (Å²) < 4.78 is 38.4. The van der Waals surface area contributed by atoms with E-state index in [1.165, 1.54) is 20.1 Å². The van der Waals surface area contributed by atoms with Crippen LogP contribution in [-0.4, -0.2) is 159 Å². The summed E-state index contributed by atoms with van der Waals surface area (Å²) in [4.78, 5) is 0. The summed E-state index contributed by atoms with van der Waals surface area (Å²) in [5.41, 5.74) is 0.677. The third-order valence-corrected chi connectivity index (χ3v) is 7.54. The summed E-state index contributed by atoms with van der Waals surface area (Å²) in [7, 11) is 1.42. The minimum Gasteiger partial charge on any atom is -0.504 e. The van der Waals surface area contributed by atoms with Crippen molar-refractivity contribution in [1.82, 2.24) is 0 Å². The van der Waals surface area contributed by atoms with Gasteiger partial charge in [0.1, 0.15) is 61.0 Å². The van der Waals surface area contributed by atoms with Gasteiger partial charge >= 0.3 is 0 Å². The number of hydrogen-bond donors (Lipinski definition) is 9. The van der Waals surface area contributed by atoms with Crippen molar-refractivity contribution in [2.45, 2.75) is 99.4 Å². The van der Waals surface area contributed by atoms with Crippen molar-refractivity contribution in [2.75, 3.05) is 26.9 Å². The zero-order valence-corrected chi connectivity index (χ0v) is 23.0. The molecule has 3 aliphatic rings. The number of ether oxygens (including phenoxy) is 7. The first-order valence-corrected chi connectivity index (χ1v) is 13.5. The molecule has 16 nitrogen and oxygen atoms in total. The summed E-state index contributed by atoms with van der Waals surface area (Å²) in [5.74, 6) is 0.214. The minimum atomic E-state index is -1.73. The van der Waals surface area contributed by atoms with E-state index in [4.69, 9.17) is 33.2 Å². The summed E-state index contributed by atoms with van der Waals surface area (Å²) >= 11 is 0. The van der Waals surface area contributed by atoms with Gasteiger partial charge < -0.3 is 79.1 Å². The van der Waals surface area contributed by atoms with E-state index in [9.17, 15) is 46.0 Å². The Balaban J connectivity index is 1.45. The molecule has 16 heteroatoms. The molecule has 0 amide bonds.